The van der Waals surface area contributed by atoms with Gasteiger partial charge in [-0.25, -0.2) is 0 Å². The second-order valence-corrected chi connectivity index (χ2v) is 10.7. The lowest BCUT2D eigenvalue weighted by molar-refractivity contribution is 0.315. The first-order valence-electron chi connectivity index (χ1n) is 10.1. The number of nitrogens with zero attached hydrogens (tertiary/aromatic N) is 1. The second kappa shape index (κ2) is 10.6. The van der Waals surface area contributed by atoms with E-state index in [-0.39, 0.29) is 0 Å². The predicted molar refractivity (Wildman–Crippen MR) is 134 cm³/mol. The van der Waals surface area contributed by atoms with Gasteiger partial charge in [-0.15, -0.1) is 0 Å². The lowest BCUT2D eigenvalue weighted by Crippen LogP contribution is -2.22. The lowest BCUT2D eigenvalue weighted by atomic mass is 10.2. The Hall–Kier alpha value is -1.97. The van der Waals surface area contributed by atoms with Crippen molar-refractivity contribution in [3.63, 3.8) is 0 Å². The first-order chi connectivity index (χ1) is 14.9. The third-order valence-electron chi connectivity index (χ3n) is 4.90. The monoisotopic (exact) mass is 476 g/mol. The normalized spacial score (nSPS) is 14.0. The number of hydrogen-bond donors (Lipinski definition) is 1. The van der Waals surface area contributed by atoms with Crippen molar-refractivity contribution in [2.24, 2.45) is 0 Å². The Morgan fingerprint density at radius 3 is 2.10 bits per heavy atom. The molecule has 3 rings (SSSR count). The molecule has 2 unspecified atom stereocenters. The van der Waals surface area contributed by atoms with E-state index in [2.05, 4.69) is 5.32 Å². The fourth-order valence-electron chi connectivity index (χ4n) is 3.27. The van der Waals surface area contributed by atoms with Crippen LogP contribution in [0.3, 0.4) is 0 Å². The molecule has 0 fully saturated rings. The standard InChI is InChI=1S/C24H27Cl2N2O2P/c1-4-17-30-31(29,20-15-13-19(14-16-20)28(2)3)24(27-18-9-6-5-7-10-18)23-21(25)11-8-12-22(23)26/h5-16,24,27H,4,17H2,1-3H3. The molecule has 0 aliphatic heterocycles. The summed E-state index contributed by atoms with van der Waals surface area (Å²) in [7, 11) is 0.439. The smallest absolute Gasteiger partial charge is 0.258 e. The summed E-state index contributed by atoms with van der Waals surface area (Å²) in [5, 5.41) is 4.87. The van der Waals surface area contributed by atoms with Crippen LogP contribution in [-0.2, 0) is 9.09 Å². The molecular formula is C24H27Cl2N2O2P. The van der Waals surface area contributed by atoms with Crippen LogP contribution >= 0.6 is 30.6 Å². The van der Waals surface area contributed by atoms with Crippen molar-refractivity contribution in [1.29, 1.82) is 0 Å². The van der Waals surface area contributed by atoms with Gasteiger partial charge in [-0.05, 0) is 55.0 Å². The van der Waals surface area contributed by atoms with Crippen molar-refractivity contribution in [1.82, 2.24) is 0 Å². The molecule has 3 aromatic rings. The summed E-state index contributed by atoms with van der Waals surface area (Å²) in [6, 6.07) is 22.4. The molecule has 7 heteroatoms. The highest BCUT2D eigenvalue weighted by Crippen LogP contribution is 2.61. The lowest BCUT2D eigenvalue weighted by Gasteiger charge is -2.31. The molecule has 0 heterocycles. The van der Waals surface area contributed by atoms with Gasteiger partial charge in [0, 0.05) is 46.4 Å². The van der Waals surface area contributed by atoms with Gasteiger partial charge in [0.1, 0.15) is 5.78 Å². The molecule has 0 saturated heterocycles. The topological polar surface area (TPSA) is 41.6 Å². The molecule has 3 aromatic carbocycles. The summed E-state index contributed by atoms with van der Waals surface area (Å²) in [6.07, 6.45) is 0.730. The highest BCUT2D eigenvalue weighted by molar-refractivity contribution is 7.67. The SMILES string of the molecule is CCCOP(=O)(c1ccc(N(C)C)cc1)C(Nc1ccccc1)c1c(Cl)cccc1Cl. The van der Waals surface area contributed by atoms with Gasteiger partial charge < -0.3 is 14.7 Å². The van der Waals surface area contributed by atoms with E-state index in [0.29, 0.717) is 27.5 Å². The van der Waals surface area contributed by atoms with Crippen LogP contribution in [0.4, 0.5) is 11.4 Å². The zero-order valence-electron chi connectivity index (χ0n) is 17.9. The molecule has 2 atom stereocenters. The van der Waals surface area contributed by atoms with Gasteiger partial charge in [0.15, 0.2) is 0 Å². The predicted octanol–water partition coefficient (Wildman–Crippen LogP) is 7.20. The van der Waals surface area contributed by atoms with E-state index in [1.807, 2.05) is 80.5 Å². The largest absolute Gasteiger partial charge is 0.378 e. The summed E-state index contributed by atoms with van der Waals surface area (Å²) in [5.74, 6) is -0.757. The van der Waals surface area contributed by atoms with Gasteiger partial charge in [-0.3, -0.25) is 4.57 Å². The molecule has 0 amide bonds. The number of anilines is 2. The third-order valence-corrected chi connectivity index (χ3v) is 8.21. The average Bonchev–Trinajstić information content (AvgIpc) is 2.77. The minimum atomic E-state index is -3.49. The molecular weight excluding hydrogens is 450 g/mol. The number of benzene rings is 3. The van der Waals surface area contributed by atoms with Gasteiger partial charge in [0.2, 0.25) is 0 Å². The highest BCUT2D eigenvalue weighted by atomic mass is 35.5. The minimum absolute atomic E-state index is 0.349. The molecule has 4 nitrogen and oxygen atoms in total. The number of halogens is 2. The zero-order valence-corrected chi connectivity index (χ0v) is 20.3. The number of hydrogen-bond acceptors (Lipinski definition) is 4. The van der Waals surface area contributed by atoms with E-state index < -0.39 is 13.2 Å². The van der Waals surface area contributed by atoms with E-state index in [1.54, 1.807) is 18.2 Å². The van der Waals surface area contributed by atoms with Crippen LogP contribution in [0.5, 0.6) is 0 Å². The first kappa shape index (κ1) is 23.7. The van der Waals surface area contributed by atoms with Crippen molar-refractivity contribution in [3.05, 3.63) is 88.4 Å². The van der Waals surface area contributed by atoms with Crippen LogP contribution in [-0.4, -0.2) is 20.7 Å². The van der Waals surface area contributed by atoms with Crippen LogP contribution < -0.4 is 15.5 Å². The van der Waals surface area contributed by atoms with Crippen LogP contribution in [0.25, 0.3) is 0 Å². The van der Waals surface area contributed by atoms with E-state index in [1.165, 1.54) is 0 Å². The van der Waals surface area contributed by atoms with Crippen LogP contribution in [0.15, 0.2) is 72.8 Å². The Bertz CT molecular complexity index is 1020. The van der Waals surface area contributed by atoms with Gasteiger partial charge >= 0.3 is 0 Å². The molecule has 0 aliphatic rings. The van der Waals surface area contributed by atoms with E-state index in [0.717, 1.165) is 17.8 Å². The van der Waals surface area contributed by atoms with Crippen molar-refractivity contribution in [3.8, 4) is 0 Å². The van der Waals surface area contributed by atoms with Crippen molar-refractivity contribution >= 4 is 47.3 Å². The van der Waals surface area contributed by atoms with Gasteiger partial charge in [0.25, 0.3) is 7.37 Å². The molecule has 164 valence electrons. The summed E-state index contributed by atoms with van der Waals surface area (Å²) in [4.78, 5) is 1.99. The Balaban J connectivity index is 2.18. The van der Waals surface area contributed by atoms with Crippen LogP contribution in [0.2, 0.25) is 10.0 Å². The Morgan fingerprint density at radius 2 is 1.55 bits per heavy atom. The summed E-state index contributed by atoms with van der Waals surface area (Å²) in [6.45, 7) is 2.34. The number of para-hydroxylation sites is 1. The zero-order chi connectivity index (χ0) is 22.4. The minimum Gasteiger partial charge on any atom is -0.378 e. The Kier molecular flexibility index (Phi) is 8.07. The van der Waals surface area contributed by atoms with E-state index in [9.17, 15) is 4.57 Å². The highest BCUT2D eigenvalue weighted by Gasteiger charge is 2.40. The van der Waals surface area contributed by atoms with Crippen molar-refractivity contribution < 1.29 is 9.09 Å². The molecule has 0 saturated carbocycles. The van der Waals surface area contributed by atoms with Gasteiger partial charge in [-0.2, -0.15) is 0 Å². The molecule has 0 spiro atoms. The fourth-order valence-corrected chi connectivity index (χ4v) is 6.59. The van der Waals surface area contributed by atoms with E-state index >= 15 is 0 Å². The van der Waals surface area contributed by atoms with Crippen molar-refractivity contribution in [2.75, 3.05) is 30.9 Å². The van der Waals surface area contributed by atoms with Crippen molar-refractivity contribution in [2.45, 2.75) is 19.1 Å². The van der Waals surface area contributed by atoms with Crippen LogP contribution in [0.1, 0.15) is 24.7 Å². The fraction of sp³-hybridized carbons (Fsp3) is 0.250. The van der Waals surface area contributed by atoms with E-state index in [4.69, 9.17) is 27.7 Å². The number of rotatable bonds is 9. The maximum Gasteiger partial charge on any atom is 0.258 e. The molecule has 0 radical (unpaired) electrons. The maximum atomic E-state index is 14.6. The molecule has 31 heavy (non-hydrogen) atoms. The summed E-state index contributed by atoms with van der Waals surface area (Å²) < 4.78 is 20.8. The van der Waals surface area contributed by atoms with Gasteiger partial charge in [-0.1, -0.05) is 54.4 Å². The quantitative estimate of drug-likeness (QED) is 0.331. The number of nitrogens with one attached hydrogen (secondary N) is 1. The summed E-state index contributed by atoms with van der Waals surface area (Å²) >= 11 is 13.2. The molecule has 0 aromatic heterocycles. The Labute approximate surface area is 194 Å². The third kappa shape index (κ3) is 5.45. The average molecular weight is 477 g/mol. The van der Waals surface area contributed by atoms with Crippen LogP contribution in [0, 0.1) is 0 Å². The molecule has 0 bridgehead atoms. The second-order valence-electron chi connectivity index (χ2n) is 7.39. The van der Waals surface area contributed by atoms with Gasteiger partial charge in [0.05, 0.1) is 6.61 Å². The maximum absolute atomic E-state index is 14.6. The Morgan fingerprint density at radius 1 is 0.935 bits per heavy atom. The first-order valence-corrected chi connectivity index (χ1v) is 12.6. The molecule has 1 N–H and O–H groups in total. The molecule has 0 aliphatic carbocycles. The summed E-state index contributed by atoms with van der Waals surface area (Å²) in [5.41, 5.74) is 2.37.